The Morgan fingerprint density at radius 3 is 1.38 bits per heavy atom. The molecule has 12 nitrogen and oxygen atoms in total. The molecule has 2 fully saturated rings. The Labute approximate surface area is 348 Å². The van der Waals surface area contributed by atoms with Crippen molar-refractivity contribution < 1.29 is 19.4 Å². The van der Waals surface area contributed by atoms with Crippen LogP contribution in [0.15, 0.2) is 131 Å². The average Bonchev–Trinajstić information content (AvgIpc) is 3.27. The molecule has 4 heterocycles. The zero-order valence-electron chi connectivity index (χ0n) is 32.6. The lowest BCUT2D eigenvalue weighted by molar-refractivity contribution is -0.160. The molecule has 2 saturated heterocycles. The first-order valence-corrected chi connectivity index (χ1v) is 21.3. The largest absolute Gasteiger partial charge is 0.393 e. The molecule has 8 rings (SSSR count). The summed E-state index contributed by atoms with van der Waals surface area (Å²) in [6.07, 6.45) is 4.66. The molecular formula is C44H48N8O4S2. The van der Waals surface area contributed by atoms with Gasteiger partial charge in [-0.3, -0.25) is 0 Å². The van der Waals surface area contributed by atoms with E-state index in [1.54, 1.807) is 11.8 Å². The lowest BCUT2D eigenvalue weighted by Gasteiger charge is -2.30. The number of piperidine rings is 2. The minimum absolute atomic E-state index is 0.209. The maximum absolute atomic E-state index is 9.84. The second-order valence-corrected chi connectivity index (χ2v) is 15.5. The predicted molar refractivity (Wildman–Crippen MR) is 235 cm³/mol. The lowest BCUT2D eigenvalue weighted by Crippen LogP contribution is -2.36. The van der Waals surface area contributed by atoms with Crippen LogP contribution in [-0.2, 0) is 9.22 Å². The van der Waals surface area contributed by atoms with Crippen LogP contribution in [0.1, 0.15) is 25.7 Å². The van der Waals surface area contributed by atoms with Gasteiger partial charge in [0, 0.05) is 70.6 Å². The fourth-order valence-corrected chi connectivity index (χ4v) is 7.41. The molecule has 4 N–H and O–H groups in total. The molecule has 2 aliphatic rings. The van der Waals surface area contributed by atoms with Crippen molar-refractivity contribution in [1.82, 2.24) is 19.9 Å². The third-order valence-corrected chi connectivity index (χ3v) is 11.2. The first-order valence-electron chi connectivity index (χ1n) is 19.3. The second-order valence-electron chi connectivity index (χ2n) is 13.9. The number of aromatic nitrogens is 4. The number of nitrogens with one attached hydrogen (secondary N) is 2. The molecule has 0 unspecified atom stereocenters. The van der Waals surface area contributed by atoms with Gasteiger partial charge in [0.2, 0.25) is 11.9 Å². The van der Waals surface area contributed by atoms with Crippen LogP contribution in [0.5, 0.6) is 0 Å². The summed E-state index contributed by atoms with van der Waals surface area (Å²) in [5, 5.41) is 26.3. The number of aliphatic hydroxyl groups is 2. The van der Waals surface area contributed by atoms with Gasteiger partial charge in [-0.1, -0.05) is 60.7 Å². The highest BCUT2D eigenvalue weighted by atomic mass is 32.2. The number of aliphatic hydroxyl groups excluding tert-OH is 2. The highest BCUT2D eigenvalue weighted by Gasteiger charge is 2.21. The van der Waals surface area contributed by atoms with Crippen LogP contribution in [0, 0.1) is 0 Å². The summed E-state index contributed by atoms with van der Waals surface area (Å²) in [5.74, 6) is 2.87. The summed E-state index contributed by atoms with van der Waals surface area (Å²) in [5.41, 5.74) is 5.67. The van der Waals surface area contributed by atoms with E-state index in [-0.39, 0.29) is 12.2 Å². The molecule has 300 valence electrons. The standard InChI is InChI=1S/C22H24N4O3S.C22H24N4OS/c1-28-29-30-19-9-7-17(8-10-19)23-22-24-20(16-5-3-2-4-6-16)15-21(25-22)26-13-11-18(27)12-14-26;1-28-19-9-7-17(8-10-19)23-22-24-20(16-5-3-2-4-6-16)15-21(25-22)26-13-11-18(27)12-14-26/h2-10,15,18,27H,11-14H2,1H3,(H,23,24,25);2-10,15,18,27H,11-14H2,1H3,(H,23,24,25). The first-order chi connectivity index (χ1) is 28.4. The van der Waals surface area contributed by atoms with Gasteiger partial charge >= 0.3 is 0 Å². The van der Waals surface area contributed by atoms with Crippen molar-refractivity contribution in [2.75, 3.05) is 60.0 Å². The van der Waals surface area contributed by atoms with E-state index in [1.165, 1.54) is 12.0 Å². The Morgan fingerprint density at radius 1 is 0.569 bits per heavy atom. The maximum atomic E-state index is 9.84. The minimum atomic E-state index is -0.229. The van der Waals surface area contributed by atoms with Crippen LogP contribution >= 0.6 is 23.8 Å². The SMILES string of the molecule is COOSc1ccc(Nc2nc(-c3ccccc3)cc(N3CCC(O)CC3)n2)cc1.CSc1ccc(Nc2nc(-c3ccccc3)cc(N3CCC(O)CC3)n2)cc1. The molecule has 6 aromatic rings. The lowest BCUT2D eigenvalue weighted by atomic mass is 10.1. The summed E-state index contributed by atoms with van der Waals surface area (Å²) in [6.45, 7) is 3.15. The Morgan fingerprint density at radius 2 is 0.983 bits per heavy atom. The molecule has 0 amide bonds. The van der Waals surface area contributed by atoms with E-state index >= 15 is 0 Å². The number of rotatable bonds is 12. The van der Waals surface area contributed by atoms with Crippen LogP contribution in [0.25, 0.3) is 22.5 Å². The summed E-state index contributed by atoms with van der Waals surface area (Å²) in [7, 11) is 1.47. The molecule has 0 aliphatic carbocycles. The third-order valence-electron chi connectivity index (χ3n) is 9.80. The molecule has 2 aliphatic heterocycles. The fraction of sp³-hybridized carbons (Fsp3) is 0.273. The molecule has 14 heteroatoms. The topological polar surface area (TPSA) is 141 Å². The third kappa shape index (κ3) is 11.5. The van der Waals surface area contributed by atoms with Crippen LogP contribution in [0.4, 0.5) is 34.9 Å². The van der Waals surface area contributed by atoms with E-state index in [1.807, 2.05) is 97.1 Å². The van der Waals surface area contributed by atoms with E-state index in [2.05, 4.69) is 55.8 Å². The average molecular weight is 817 g/mol. The number of anilines is 6. The van der Waals surface area contributed by atoms with E-state index in [0.29, 0.717) is 11.9 Å². The van der Waals surface area contributed by atoms with Gasteiger partial charge in [-0.05, 0) is 80.5 Å². The molecule has 0 radical (unpaired) electrons. The van der Waals surface area contributed by atoms with Gasteiger partial charge in [-0.2, -0.15) is 14.3 Å². The van der Waals surface area contributed by atoms with E-state index in [0.717, 1.165) is 114 Å². The van der Waals surface area contributed by atoms with Crippen molar-refractivity contribution in [3.8, 4) is 22.5 Å². The van der Waals surface area contributed by atoms with Crippen LogP contribution in [0.3, 0.4) is 0 Å². The predicted octanol–water partition coefficient (Wildman–Crippen LogP) is 9.00. The van der Waals surface area contributed by atoms with Gasteiger partial charge in [0.15, 0.2) is 0 Å². The smallest absolute Gasteiger partial charge is 0.229 e. The van der Waals surface area contributed by atoms with Crippen LogP contribution < -0.4 is 20.4 Å². The molecular weight excluding hydrogens is 769 g/mol. The van der Waals surface area contributed by atoms with Gasteiger partial charge in [0.25, 0.3) is 0 Å². The van der Waals surface area contributed by atoms with Gasteiger partial charge in [0.1, 0.15) is 11.6 Å². The number of nitrogens with zero attached hydrogens (tertiary/aromatic N) is 6. The molecule has 0 atom stereocenters. The second kappa shape index (κ2) is 20.5. The zero-order valence-corrected chi connectivity index (χ0v) is 34.2. The van der Waals surface area contributed by atoms with Crippen molar-refractivity contribution in [3.63, 3.8) is 0 Å². The molecule has 0 spiro atoms. The van der Waals surface area contributed by atoms with Crippen LogP contribution in [-0.4, -0.2) is 81.9 Å². The molecule has 0 bridgehead atoms. The first kappa shape index (κ1) is 41.0. The summed E-state index contributed by atoms with van der Waals surface area (Å²) in [6, 6.07) is 40.3. The van der Waals surface area contributed by atoms with Gasteiger partial charge < -0.3 is 30.6 Å². The molecule has 58 heavy (non-hydrogen) atoms. The number of hydrogen-bond donors (Lipinski definition) is 4. The quantitative estimate of drug-likeness (QED) is 0.0404. The summed E-state index contributed by atoms with van der Waals surface area (Å²) < 4.78 is 4.88. The zero-order chi connectivity index (χ0) is 40.1. The van der Waals surface area contributed by atoms with E-state index in [4.69, 9.17) is 24.3 Å². The van der Waals surface area contributed by atoms with Gasteiger partial charge in [-0.25, -0.2) is 14.9 Å². The van der Waals surface area contributed by atoms with Crippen molar-refractivity contribution in [2.24, 2.45) is 0 Å². The summed E-state index contributed by atoms with van der Waals surface area (Å²) >= 11 is 2.87. The molecule has 4 aromatic carbocycles. The maximum Gasteiger partial charge on any atom is 0.229 e. The van der Waals surface area contributed by atoms with E-state index in [9.17, 15) is 10.2 Å². The Hall–Kier alpha value is -5.22. The fourth-order valence-electron chi connectivity index (χ4n) is 6.61. The minimum Gasteiger partial charge on any atom is -0.393 e. The van der Waals surface area contributed by atoms with Crippen molar-refractivity contribution in [3.05, 3.63) is 121 Å². The van der Waals surface area contributed by atoms with Gasteiger partial charge in [-0.15, -0.1) is 11.8 Å². The molecule has 2 aromatic heterocycles. The number of hydrogen-bond acceptors (Lipinski definition) is 14. The van der Waals surface area contributed by atoms with Gasteiger partial charge in [0.05, 0.1) is 42.7 Å². The Bertz CT molecular complexity index is 2170. The monoisotopic (exact) mass is 816 g/mol. The number of benzene rings is 4. The van der Waals surface area contributed by atoms with Crippen molar-refractivity contribution in [1.29, 1.82) is 0 Å². The molecule has 0 saturated carbocycles. The van der Waals surface area contributed by atoms with Crippen molar-refractivity contribution >= 4 is 58.7 Å². The highest BCUT2D eigenvalue weighted by Crippen LogP contribution is 2.30. The Kier molecular flexibility index (Phi) is 14.4. The number of thioether (sulfide) groups is 1. The van der Waals surface area contributed by atoms with E-state index < -0.39 is 0 Å². The van der Waals surface area contributed by atoms with Crippen LogP contribution in [0.2, 0.25) is 0 Å². The normalized spacial score (nSPS) is 14.8. The highest BCUT2D eigenvalue weighted by molar-refractivity contribution is 7.98. The van der Waals surface area contributed by atoms with Crippen molar-refractivity contribution in [2.45, 2.75) is 47.7 Å². The summed E-state index contributed by atoms with van der Waals surface area (Å²) in [4.78, 5) is 30.2. The Balaban J connectivity index is 0.000000177.